The Bertz CT molecular complexity index is 857. The van der Waals surface area contributed by atoms with Crippen LogP contribution in [0, 0.1) is 28.6 Å². The summed E-state index contributed by atoms with van der Waals surface area (Å²) in [6.07, 6.45) is 6.01. The van der Waals surface area contributed by atoms with Crippen molar-refractivity contribution >= 4 is 19.9 Å². The van der Waals surface area contributed by atoms with Gasteiger partial charge in [0.2, 0.25) is 0 Å². The summed E-state index contributed by atoms with van der Waals surface area (Å²) in [5, 5.41) is 0. The predicted molar refractivity (Wildman–Crippen MR) is 141 cm³/mol. The van der Waals surface area contributed by atoms with E-state index in [0.717, 1.165) is 37.4 Å². The number of hydrogen-bond donors (Lipinski definition) is 0. The van der Waals surface area contributed by atoms with Gasteiger partial charge >= 0.3 is 0 Å². The molecule has 4 aliphatic rings. The highest BCUT2D eigenvalue weighted by molar-refractivity contribution is 6.73. The normalized spacial score (nSPS) is 43.2. The van der Waals surface area contributed by atoms with E-state index in [2.05, 4.69) is 34.3 Å². The van der Waals surface area contributed by atoms with E-state index in [0.29, 0.717) is 25.9 Å². The smallest absolute Gasteiger partial charge is 0.192 e. The van der Waals surface area contributed by atoms with Gasteiger partial charge in [0.15, 0.2) is 14.1 Å². The second kappa shape index (κ2) is 9.18. The van der Waals surface area contributed by atoms with E-state index in [1.54, 1.807) is 0 Å². The van der Waals surface area contributed by atoms with Crippen LogP contribution in [0.5, 0.6) is 0 Å². The van der Waals surface area contributed by atoms with Crippen molar-refractivity contribution in [3.63, 3.8) is 0 Å². The lowest BCUT2D eigenvalue weighted by molar-refractivity contribution is -0.198. The molecule has 1 aliphatic heterocycles. The molecule has 198 valence electrons. The summed E-state index contributed by atoms with van der Waals surface area (Å²) >= 11 is 0. The Balaban J connectivity index is 1.85. The molecule has 35 heavy (non-hydrogen) atoms. The molecule has 5 nitrogen and oxygen atoms in total. The van der Waals surface area contributed by atoms with Crippen LogP contribution in [0.3, 0.4) is 0 Å². The standard InChI is InChI=1S/C29H48O5Si/c1-9-16-27(7)24(31)14-13-21-25(27)22(30)18-28(8)20(23-19-32-26(5,6)33-23)15-17-29(21,28)34-35(10-2,11-3)12-4/h9,20-21,23,25H,1,10-19H2,2-8H3/t20-,21-,23-,25-,27+,28-,29+/m1/s1. The van der Waals surface area contributed by atoms with Gasteiger partial charge in [-0.3, -0.25) is 9.59 Å². The fourth-order valence-electron chi connectivity index (χ4n) is 8.73. The molecule has 0 N–H and O–H groups in total. The van der Waals surface area contributed by atoms with Crippen molar-refractivity contribution in [3.05, 3.63) is 12.7 Å². The summed E-state index contributed by atoms with van der Waals surface area (Å²) in [4.78, 5) is 27.4. The first-order valence-corrected chi connectivity index (χ1v) is 16.6. The van der Waals surface area contributed by atoms with Gasteiger partial charge < -0.3 is 13.9 Å². The van der Waals surface area contributed by atoms with Crippen molar-refractivity contribution in [3.8, 4) is 0 Å². The number of ether oxygens (including phenoxy) is 2. The molecule has 0 unspecified atom stereocenters. The van der Waals surface area contributed by atoms with Gasteiger partial charge in [-0.15, -0.1) is 6.58 Å². The van der Waals surface area contributed by atoms with Crippen LogP contribution in [0.1, 0.15) is 87.0 Å². The number of hydrogen-bond acceptors (Lipinski definition) is 5. The number of carbonyl (C=O) groups excluding carboxylic acids is 2. The topological polar surface area (TPSA) is 61.8 Å². The maximum absolute atomic E-state index is 14.1. The molecule has 6 heteroatoms. The fourth-order valence-corrected chi connectivity index (χ4v) is 11.9. The Labute approximate surface area is 213 Å². The Morgan fingerprint density at radius 3 is 2.26 bits per heavy atom. The van der Waals surface area contributed by atoms with Crippen LogP contribution in [0.2, 0.25) is 18.1 Å². The molecule has 4 fully saturated rings. The maximum atomic E-state index is 14.1. The van der Waals surface area contributed by atoms with Crippen molar-refractivity contribution in [2.24, 2.45) is 28.6 Å². The minimum absolute atomic E-state index is 0.0319. The first kappa shape index (κ1) is 27.2. The van der Waals surface area contributed by atoms with E-state index in [-0.39, 0.29) is 40.8 Å². The van der Waals surface area contributed by atoms with Crippen LogP contribution in [-0.2, 0) is 23.5 Å². The second-order valence-electron chi connectivity index (χ2n) is 12.8. The molecule has 0 bridgehead atoms. The van der Waals surface area contributed by atoms with Gasteiger partial charge in [0.1, 0.15) is 11.6 Å². The zero-order valence-electron chi connectivity index (χ0n) is 23.2. The van der Waals surface area contributed by atoms with Crippen molar-refractivity contribution in [1.29, 1.82) is 0 Å². The SMILES string of the molecule is C=CC[C@@]1(C)C(=O)CC[C@@H]2[C@@H]1C(=O)C[C@]1(C)[C@@H]([C@H]3COC(C)(C)O3)CC[C@]21O[Si](CC)(CC)CC. The Morgan fingerprint density at radius 2 is 1.71 bits per heavy atom. The lowest BCUT2D eigenvalue weighted by atomic mass is 9.46. The monoisotopic (exact) mass is 504 g/mol. The van der Waals surface area contributed by atoms with Crippen LogP contribution in [0.15, 0.2) is 12.7 Å². The molecular formula is C29H48O5Si. The summed E-state index contributed by atoms with van der Waals surface area (Å²) in [6.45, 7) is 19.7. The van der Waals surface area contributed by atoms with Crippen LogP contribution in [0.4, 0.5) is 0 Å². The molecule has 4 rings (SSSR count). The molecule has 0 amide bonds. The van der Waals surface area contributed by atoms with E-state index in [1.807, 2.05) is 26.8 Å². The summed E-state index contributed by atoms with van der Waals surface area (Å²) in [5.74, 6) is -0.148. The molecule has 0 aromatic carbocycles. The van der Waals surface area contributed by atoms with Crippen molar-refractivity contribution in [2.75, 3.05) is 6.61 Å². The largest absolute Gasteiger partial charge is 0.410 e. The third-order valence-corrected chi connectivity index (χ3v) is 15.5. The van der Waals surface area contributed by atoms with Crippen molar-refractivity contribution in [2.45, 2.75) is 123 Å². The third-order valence-electron chi connectivity index (χ3n) is 10.9. The number of carbonyl (C=O) groups is 2. The highest BCUT2D eigenvalue weighted by Crippen LogP contribution is 2.68. The summed E-state index contributed by atoms with van der Waals surface area (Å²) in [5.41, 5.74) is -1.40. The molecule has 3 saturated carbocycles. The molecule has 0 spiro atoms. The highest BCUT2D eigenvalue weighted by atomic mass is 28.4. The molecule has 7 atom stereocenters. The average Bonchev–Trinajstić information content (AvgIpc) is 3.30. The van der Waals surface area contributed by atoms with Crippen LogP contribution >= 0.6 is 0 Å². The Morgan fingerprint density at radius 1 is 1.06 bits per heavy atom. The zero-order chi connectivity index (χ0) is 25.9. The maximum Gasteiger partial charge on any atom is 0.192 e. The molecule has 1 heterocycles. The van der Waals surface area contributed by atoms with Gasteiger partial charge in [0.25, 0.3) is 0 Å². The molecule has 0 aromatic heterocycles. The highest BCUT2D eigenvalue weighted by Gasteiger charge is 2.72. The number of Topliss-reactive ketones (excluding diaryl/α,β-unsaturated/α-hetero) is 2. The van der Waals surface area contributed by atoms with E-state index in [4.69, 9.17) is 13.9 Å². The van der Waals surface area contributed by atoms with Gasteiger partial charge in [-0.05, 0) is 69.5 Å². The predicted octanol–water partition coefficient (Wildman–Crippen LogP) is 6.47. The number of rotatable bonds is 8. The minimum atomic E-state index is -2.01. The summed E-state index contributed by atoms with van der Waals surface area (Å²) in [6, 6.07) is 3.23. The van der Waals surface area contributed by atoms with Crippen molar-refractivity contribution < 1.29 is 23.5 Å². The van der Waals surface area contributed by atoms with Gasteiger partial charge in [-0.2, -0.15) is 0 Å². The van der Waals surface area contributed by atoms with Crippen LogP contribution in [-0.4, -0.2) is 44.0 Å². The zero-order valence-corrected chi connectivity index (χ0v) is 24.2. The Hall–Kier alpha value is -0.823. The summed E-state index contributed by atoms with van der Waals surface area (Å²) < 4.78 is 20.1. The van der Waals surface area contributed by atoms with E-state index in [9.17, 15) is 9.59 Å². The van der Waals surface area contributed by atoms with Crippen LogP contribution < -0.4 is 0 Å². The molecule has 1 saturated heterocycles. The Kier molecular flexibility index (Phi) is 7.14. The van der Waals surface area contributed by atoms with Gasteiger partial charge in [-0.1, -0.05) is 40.7 Å². The van der Waals surface area contributed by atoms with Gasteiger partial charge in [-0.25, -0.2) is 0 Å². The minimum Gasteiger partial charge on any atom is -0.410 e. The lowest BCUT2D eigenvalue weighted by Crippen LogP contribution is -2.68. The van der Waals surface area contributed by atoms with E-state index < -0.39 is 25.1 Å². The van der Waals surface area contributed by atoms with E-state index >= 15 is 0 Å². The molecule has 0 radical (unpaired) electrons. The van der Waals surface area contributed by atoms with Crippen LogP contribution in [0.25, 0.3) is 0 Å². The second-order valence-corrected chi connectivity index (χ2v) is 17.5. The quantitative estimate of drug-likeness (QED) is 0.280. The first-order chi connectivity index (χ1) is 16.4. The molecule has 3 aliphatic carbocycles. The molecular weight excluding hydrogens is 456 g/mol. The van der Waals surface area contributed by atoms with Gasteiger partial charge in [0, 0.05) is 29.6 Å². The molecule has 0 aromatic rings. The number of ketones is 2. The number of allylic oxidation sites excluding steroid dienone is 1. The van der Waals surface area contributed by atoms with Gasteiger partial charge in [0.05, 0.1) is 18.3 Å². The third kappa shape index (κ3) is 3.97. The lowest BCUT2D eigenvalue weighted by Gasteiger charge is -2.62. The number of fused-ring (bicyclic) bond motifs is 3. The first-order valence-electron chi connectivity index (χ1n) is 14.1. The van der Waals surface area contributed by atoms with E-state index in [1.165, 1.54) is 0 Å². The average molecular weight is 505 g/mol. The summed E-state index contributed by atoms with van der Waals surface area (Å²) in [7, 11) is -2.01. The van der Waals surface area contributed by atoms with Crippen molar-refractivity contribution in [1.82, 2.24) is 0 Å². The fraction of sp³-hybridized carbons (Fsp3) is 0.862.